The Labute approximate surface area is 116 Å². The molecule has 1 aliphatic rings. The van der Waals surface area contributed by atoms with Crippen molar-refractivity contribution in [2.24, 2.45) is 11.8 Å². The highest BCUT2D eigenvalue weighted by molar-refractivity contribution is 5.78. The van der Waals surface area contributed by atoms with Crippen LogP contribution >= 0.6 is 0 Å². The highest BCUT2D eigenvalue weighted by Gasteiger charge is 2.20. The molecule has 0 aromatic rings. The van der Waals surface area contributed by atoms with Crippen molar-refractivity contribution < 1.29 is 9.59 Å². The average molecular weight is 268 g/mol. The topological polar surface area (TPSA) is 49.4 Å². The minimum absolute atomic E-state index is 0.112. The molecule has 0 bridgehead atoms. The molecule has 0 radical (unpaired) electrons. The van der Waals surface area contributed by atoms with Crippen LogP contribution in [0.2, 0.25) is 0 Å². The summed E-state index contributed by atoms with van der Waals surface area (Å²) in [7, 11) is 0. The molecule has 1 unspecified atom stereocenters. The summed E-state index contributed by atoms with van der Waals surface area (Å²) in [6.07, 6.45) is 5.01. The van der Waals surface area contributed by atoms with Crippen LogP contribution in [0.3, 0.4) is 0 Å². The first kappa shape index (κ1) is 16.2. The van der Waals surface area contributed by atoms with Crippen molar-refractivity contribution in [1.82, 2.24) is 10.2 Å². The normalized spacial score (nSPS) is 19.4. The van der Waals surface area contributed by atoms with E-state index in [0.29, 0.717) is 12.5 Å². The number of amides is 1. The fraction of sp³-hybridized carbons (Fsp3) is 0.867. The molecule has 4 heteroatoms. The van der Waals surface area contributed by atoms with Crippen molar-refractivity contribution in [3.63, 3.8) is 0 Å². The predicted molar refractivity (Wildman–Crippen MR) is 76.9 cm³/mol. The van der Waals surface area contributed by atoms with Gasteiger partial charge in [0.1, 0.15) is 6.29 Å². The molecule has 1 fully saturated rings. The minimum Gasteiger partial charge on any atom is -0.353 e. The van der Waals surface area contributed by atoms with Crippen LogP contribution in [0.25, 0.3) is 0 Å². The molecule has 1 aliphatic heterocycles. The zero-order valence-electron chi connectivity index (χ0n) is 12.5. The van der Waals surface area contributed by atoms with E-state index in [-0.39, 0.29) is 17.9 Å². The number of rotatable bonds is 7. The summed E-state index contributed by atoms with van der Waals surface area (Å²) in [4.78, 5) is 24.7. The number of nitrogens with one attached hydrogen (secondary N) is 1. The number of nitrogens with zero attached hydrogens (tertiary/aromatic N) is 1. The average Bonchev–Trinajstić information content (AvgIpc) is 2.37. The molecule has 1 heterocycles. The van der Waals surface area contributed by atoms with Crippen molar-refractivity contribution in [1.29, 1.82) is 0 Å². The second-order valence-corrected chi connectivity index (χ2v) is 6.19. The molecule has 0 aliphatic carbocycles. The van der Waals surface area contributed by atoms with Gasteiger partial charge in [0.2, 0.25) is 5.91 Å². The van der Waals surface area contributed by atoms with Crippen LogP contribution < -0.4 is 5.32 Å². The quantitative estimate of drug-likeness (QED) is 0.717. The van der Waals surface area contributed by atoms with Gasteiger partial charge in [0.05, 0.1) is 6.54 Å². The van der Waals surface area contributed by atoms with E-state index in [1.54, 1.807) is 0 Å². The van der Waals surface area contributed by atoms with E-state index in [4.69, 9.17) is 0 Å². The molecule has 0 aromatic carbocycles. The molecule has 0 aromatic heterocycles. The fourth-order valence-corrected chi connectivity index (χ4v) is 2.43. The van der Waals surface area contributed by atoms with Gasteiger partial charge < -0.3 is 10.1 Å². The number of hydrogen-bond acceptors (Lipinski definition) is 3. The molecular weight excluding hydrogens is 240 g/mol. The van der Waals surface area contributed by atoms with Gasteiger partial charge >= 0.3 is 0 Å². The number of hydrogen-bond donors (Lipinski definition) is 1. The third-order valence-corrected chi connectivity index (χ3v) is 3.78. The van der Waals surface area contributed by atoms with Gasteiger partial charge in [0.15, 0.2) is 0 Å². The summed E-state index contributed by atoms with van der Waals surface area (Å²) in [5.41, 5.74) is 0. The first-order valence-electron chi connectivity index (χ1n) is 7.48. The summed E-state index contributed by atoms with van der Waals surface area (Å²) in [6.45, 7) is 8.66. The van der Waals surface area contributed by atoms with Crippen molar-refractivity contribution in [3.05, 3.63) is 0 Å². The largest absolute Gasteiger partial charge is 0.353 e. The van der Waals surface area contributed by atoms with Gasteiger partial charge in [-0.1, -0.05) is 13.8 Å². The van der Waals surface area contributed by atoms with E-state index in [0.717, 1.165) is 45.1 Å². The summed E-state index contributed by atoms with van der Waals surface area (Å²) < 4.78 is 0. The van der Waals surface area contributed by atoms with Gasteiger partial charge in [0.25, 0.3) is 0 Å². The number of piperidine rings is 1. The molecule has 0 spiro atoms. The highest BCUT2D eigenvalue weighted by atomic mass is 16.2. The zero-order chi connectivity index (χ0) is 14.3. The Balaban J connectivity index is 2.18. The predicted octanol–water partition coefficient (Wildman–Crippen LogP) is 1.84. The first-order valence-corrected chi connectivity index (χ1v) is 7.48. The van der Waals surface area contributed by atoms with E-state index >= 15 is 0 Å². The lowest BCUT2D eigenvalue weighted by Gasteiger charge is -2.29. The Morgan fingerprint density at radius 2 is 1.89 bits per heavy atom. The van der Waals surface area contributed by atoms with Crippen molar-refractivity contribution >= 4 is 12.2 Å². The van der Waals surface area contributed by atoms with E-state index in [9.17, 15) is 9.59 Å². The van der Waals surface area contributed by atoms with Crippen LogP contribution in [0.4, 0.5) is 0 Å². The second kappa shape index (κ2) is 8.31. The molecule has 1 saturated heterocycles. The van der Waals surface area contributed by atoms with Gasteiger partial charge in [-0.05, 0) is 51.6 Å². The van der Waals surface area contributed by atoms with E-state index in [2.05, 4.69) is 31.0 Å². The van der Waals surface area contributed by atoms with Crippen LogP contribution in [0.15, 0.2) is 0 Å². The van der Waals surface area contributed by atoms with E-state index < -0.39 is 0 Å². The van der Waals surface area contributed by atoms with Crippen LogP contribution in [0.5, 0.6) is 0 Å². The third-order valence-electron chi connectivity index (χ3n) is 3.78. The molecule has 1 rings (SSSR count). The molecule has 1 amide bonds. The fourth-order valence-electron chi connectivity index (χ4n) is 2.43. The van der Waals surface area contributed by atoms with Crippen LogP contribution in [0.1, 0.15) is 46.5 Å². The minimum atomic E-state index is 0.112. The Bertz CT molecular complexity index is 284. The van der Waals surface area contributed by atoms with Crippen molar-refractivity contribution in [2.75, 3.05) is 19.6 Å². The Hall–Kier alpha value is -0.900. The number of carbonyl (C=O) groups excluding carboxylic acids is 2. The lowest BCUT2D eigenvalue weighted by molar-refractivity contribution is -0.123. The summed E-state index contributed by atoms with van der Waals surface area (Å²) >= 11 is 0. The van der Waals surface area contributed by atoms with Gasteiger partial charge in [-0.25, -0.2) is 0 Å². The molecule has 4 nitrogen and oxygen atoms in total. The summed E-state index contributed by atoms with van der Waals surface area (Å²) in [5.74, 6) is 0.992. The highest BCUT2D eigenvalue weighted by Crippen LogP contribution is 2.14. The van der Waals surface area contributed by atoms with E-state index in [1.165, 1.54) is 0 Å². The smallest absolute Gasteiger partial charge is 0.234 e. The van der Waals surface area contributed by atoms with E-state index in [1.807, 2.05) is 0 Å². The number of carbonyl (C=O) groups is 2. The molecule has 19 heavy (non-hydrogen) atoms. The van der Waals surface area contributed by atoms with Crippen LogP contribution in [-0.2, 0) is 9.59 Å². The molecule has 1 N–H and O–H groups in total. The Kier molecular flexibility index (Phi) is 7.06. The monoisotopic (exact) mass is 268 g/mol. The van der Waals surface area contributed by atoms with Gasteiger partial charge in [-0.15, -0.1) is 0 Å². The standard InChI is InChI=1S/C15H28N2O2/c1-12(2)4-5-13(3)16-15(19)10-17-8-6-14(11-18)7-9-17/h11-14H,4-10H2,1-3H3,(H,16,19). The maximum absolute atomic E-state index is 11.9. The van der Waals surface area contributed by atoms with Gasteiger partial charge in [-0.2, -0.15) is 0 Å². The summed E-state index contributed by atoms with van der Waals surface area (Å²) in [5, 5.41) is 3.06. The molecule has 0 saturated carbocycles. The lowest BCUT2D eigenvalue weighted by atomic mass is 9.99. The summed E-state index contributed by atoms with van der Waals surface area (Å²) in [6, 6.07) is 0.252. The molecular formula is C15H28N2O2. The molecule has 1 atom stereocenters. The van der Waals surface area contributed by atoms with Crippen molar-refractivity contribution in [3.8, 4) is 0 Å². The molecule has 110 valence electrons. The Morgan fingerprint density at radius 1 is 1.26 bits per heavy atom. The Morgan fingerprint density at radius 3 is 2.42 bits per heavy atom. The first-order chi connectivity index (χ1) is 9.01. The second-order valence-electron chi connectivity index (χ2n) is 6.19. The van der Waals surface area contributed by atoms with Crippen LogP contribution in [0, 0.1) is 11.8 Å². The zero-order valence-corrected chi connectivity index (χ0v) is 12.5. The third kappa shape index (κ3) is 6.71. The maximum Gasteiger partial charge on any atom is 0.234 e. The SMILES string of the molecule is CC(C)CCC(C)NC(=O)CN1CCC(C=O)CC1. The lowest BCUT2D eigenvalue weighted by Crippen LogP contribution is -2.44. The number of aldehydes is 1. The van der Waals surface area contributed by atoms with Gasteiger partial charge in [0, 0.05) is 12.0 Å². The maximum atomic E-state index is 11.9. The van der Waals surface area contributed by atoms with Crippen LogP contribution in [-0.4, -0.2) is 42.8 Å². The van der Waals surface area contributed by atoms with Crippen molar-refractivity contribution in [2.45, 2.75) is 52.5 Å². The number of likely N-dealkylation sites (tertiary alicyclic amines) is 1. The van der Waals surface area contributed by atoms with Gasteiger partial charge in [-0.3, -0.25) is 9.69 Å².